The highest BCUT2D eigenvalue weighted by atomic mass is 19.4. The van der Waals surface area contributed by atoms with E-state index in [2.05, 4.69) is 10.3 Å². The molecule has 198 valence electrons. The number of rotatable bonds is 5. The monoisotopic (exact) mass is 528 g/mol. The normalized spacial score (nSPS) is 16.4. The molecule has 0 saturated carbocycles. The second-order valence-corrected chi connectivity index (χ2v) is 8.69. The van der Waals surface area contributed by atoms with Gasteiger partial charge in [0.25, 0.3) is 11.5 Å². The van der Waals surface area contributed by atoms with Crippen molar-refractivity contribution in [1.29, 1.82) is 0 Å². The van der Waals surface area contributed by atoms with E-state index in [0.717, 1.165) is 22.3 Å². The van der Waals surface area contributed by atoms with Crippen molar-refractivity contribution in [2.45, 2.75) is 25.6 Å². The van der Waals surface area contributed by atoms with Gasteiger partial charge in [0.1, 0.15) is 18.4 Å². The molecule has 0 unspecified atom stereocenters. The van der Waals surface area contributed by atoms with Gasteiger partial charge in [0, 0.05) is 24.6 Å². The number of hydrogen-bond acceptors (Lipinski definition) is 7. The lowest BCUT2D eigenvalue weighted by Gasteiger charge is -2.28. The van der Waals surface area contributed by atoms with E-state index in [4.69, 9.17) is 14.0 Å². The number of fused-ring (bicyclic) bond motifs is 2. The number of alkyl halides is 3. The number of aromatic nitrogens is 2. The quantitative estimate of drug-likeness (QED) is 0.535. The van der Waals surface area contributed by atoms with Crippen LogP contribution in [-0.4, -0.2) is 47.5 Å². The summed E-state index contributed by atoms with van der Waals surface area (Å²) in [6.45, 7) is 0.322. The molecule has 1 aliphatic carbocycles. The van der Waals surface area contributed by atoms with Crippen LogP contribution in [0.1, 0.15) is 28.2 Å². The molecule has 1 amide bonds. The number of furan rings is 1. The second-order valence-electron chi connectivity index (χ2n) is 8.69. The van der Waals surface area contributed by atoms with Gasteiger partial charge in [-0.3, -0.25) is 9.59 Å². The number of carbonyl (C=O) groups is 1. The molecule has 0 bridgehead atoms. The van der Waals surface area contributed by atoms with Crippen molar-refractivity contribution >= 4 is 22.8 Å². The van der Waals surface area contributed by atoms with Crippen molar-refractivity contribution in [2.24, 2.45) is 0 Å². The van der Waals surface area contributed by atoms with E-state index < -0.39 is 17.3 Å². The Morgan fingerprint density at radius 2 is 2.03 bits per heavy atom. The van der Waals surface area contributed by atoms with E-state index in [1.807, 2.05) is 0 Å². The Labute approximate surface area is 214 Å². The predicted octanol–water partition coefficient (Wildman–Crippen LogP) is 4.00. The molecular formula is C26H23F3N4O5. The SMILES string of the molecule is COc1ccc2oc(C(=O)N3CCc4nc(NC=C5C=CC(C(F)(F)F)=CC5)n(OC)c(=O)c4C3)cc2c1. The molecule has 0 spiro atoms. The summed E-state index contributed by atoms with van der Waals surface area (Å²) in [6, 6.07) is 6.85. The van der Waals surface area contributed by atoms with Gasteiger partial charge >= 0.3 is 6.18 Å². The van der Waals surface area contributed by atoms with Crippen LogP contribution in [0.25, 0.3) is 11.0 Å². The molecule has 3 aromatic rings. The zero-order valence-electron chi connectivity index (χ0n) is 20.5. The van der Waals surface area contributed by atoms with Crippen LogP contribution in [-0.2, 0) is 13.0 Å². The summed E-state index contributed by atoms with van der Waals surface area (Å²) in [5.74, 6) is 0.493. The van der Waals surface area contributed by atoms with Crippen molar-refractivity contribution in [3.63, 3.8) is 0 Å². The number of benzene rings is 1. The van der Waals surface area contributed by atoms with Gasteiger partial charge in [-0.1, -0.05) is 12.2 Å². The Bertz CT molecular complexity index is 1570. The highest BCUT2D eigenvalue weighted by molar-refractivity contribution is 5.96. The molecule has 1 aliphatic heterocycles. The number of methoxy groups -OCH3 is 1. The Kier molecular flexibility index (Phi) is 6.47. The van der Waals surface area contributed by atoms with E-state index in [-0.39, 0.29) is 30.6 Å². The lowest BCUT2D eigenvalue weighted by atomic mass is 10.0. The van der Waals surface area contributed by atoms with Crippen LogP contribution in [0.4, 0.5) is 19.1 Å². The molecule has 9 nitrogen and oxygen atoms in total. The van der Waals surface area contributed by atoms with Gasteiger partial charge in [-0.15, -0.1) is 4.73 Å². The van der Waals surface area contributed by atoms with E-state index in [1.54, 1.807) is 31.4 Å². The topological polar surface area (TPSA) is 98.8 Å². The molecule has 2 aromatic heterocycles. The van der Waals surface area contributed by atoms with Crippen molar-refractivity contribution in [3.8, 4) is 5.75 Å². The van der Waals surface area contributed by atoms with Gasteiger partial charge in [-0.05, 0) is 42.3 Å². The summed E-state index contributed by atoms with van der Waals surface area (Å²) >= 11 is 0. The Morgan fingerprint density at radius 1 is 1.21 bits per heavy atom. The number of carbonyl (C=O) groups excluding carboxylic acids is 1. The lowest BCUT2D eigenvalue weighted by Crippen LogP contribution is -2.42. The van der Waals surface area contributed by atoms with Crippen LogP contribution in [0.2, 0.25) is 0 Å². The molecular weight excluding hydrogens is 505 g/mol. The number of nitrogens with one attached hydrogen (secondary N) is 1. The highest BCUT2D eigenvalue weighted by Crippen LogP contribution is 2.31. The molecule has 5 rings (SSSR count). The molecule has 1 N–H and O–H groups in total. The van der Waals surface area contributed by atoms with E-state index in [9.17, 15) is 22.8 Å². The molecule has 1 aromatic carbocycles. The first-order valence-corrected chi connectivity index (χ1v) is 11.6. The van der Waals surface area contributed by atoms with Crippen molar-refractivity contribution in [1.82, 2.24) is 14.6 Å². The fraction of sp³-hybridized carbons (Fsp3) is 0.269. The van der Waals surface area contributed by atoms with Crippen LogP contribution in [0.3, 0.4) is 0 Å². The third-order valence-corrected chi connectivity index (χ3v) is 6.34. The molecule has 3 heterocycles. The molecule has 12 heteroatoms. The number of halogens is 3. The number of amides is 1. The molecule has 0 atom stereocenters. The smallest absolute Gasteiger partial charge is 0.416 e. The summed E-state index contributed by atoms with van der Waals surface area (Å²) in [4.78, 5) is 37.6. The Morgan fingerprint density at radius 3 is 2.71 bits per heavy atom. The molecule has 0 saturated heterocycles. The highest BCUT2D eigenvalue weighted by Gasteiger charge is 2.32. The average molecular weight is 528 g/mol. The standard InChI is InChI=1S/C26H23F3N4O5/c1-36-18-7-8-21-16(11-18)12-22(38-21)24(35)32-10-9-20-19(14-32)23(34)33(37-2)25(31-20)30-13-15-3-5-17(6-4-15)26(27,28)29/h3,5-8,11-13H,4,9-10,14H2,1-2H3,(H,30,31). The van der Waals surface area contributed by atoms with Crippen molar-refractivity contribution < 1.29 is 32.0 Å². The fourth-order valence-electron chi connectivity index (χ4n) is 4.34. The van der Waals surface area contributed by atoms with Gasteiger partial charge in [0.15, 0.2) is 5.76 Å². The zero-order chi connectivity index (χ0) is 27.0. The van der Waals surface area contributed by atoms with Crippen LogP contribution in [0.5, 0.6) is 5.75 Å². The third-order valence-electron chi connectivity index (χ3n) is 6.34. The first-order valence-electron chi connectivity index (χ1n) is 11.6. The number of anilines is 1. The minimum atomic E-state index is -4.40. The van der Waals surface area contributed by atoms with E-state index >= 15 is 0 Å². The van der Waals surface area contributed by atoms with Crippen molar-refractivity contribution in [2.75, 3.05) is 26.1 Å². The van der Waals surface area contributed by atoms with Crippen LogP contribution in [0, 0.1) is 0 Å². The Hall–Kier alpha value is -4.48. The van der Waals surface area contributed by atoms with Crippen LogP contribution in [0.15, 0.2) is 69.1 Å². The van der Waals surface area contributed by atoms with Gasteiger partial charge in [-0.2, -0.15) is 13.2 Å². The Balaban J connectivity index is 1.35. The lowest BCUT2D eigenvalue weighted by molar-refractivity contribution is -0.0885. The van der Waals surface area contributed by atoms with E-state index in [1.165, 1.54) is 24.3 Å². The summed E-state index contributed by atoms with van der Waals surface area (Å²) in [5, 5.41) is 3.58. The van der Waals surface area contributed by atoms with Crippen LogP contribution < -0.4 is 20.5 Å². The predicted molar refractivity (Wildman–Crippen MR) is 132 cm³/mol. The van der Waals surface area contributed by atoms with Gasteiger partial charge < -0.3 is 24.2 Å². The minimum absolute atomic E-state index is 0.0127. The minimum Gasteiger partial charge on any atom is -0.497 e. The number of ether oxygens (including phenoxy) is 1. The summed E-state index contributed by atoms with van der Waals surface area (Å²) in [6.07, 6.45) is 0.870. The second kappa shape index (κ2) is 9.77. The number of nitrogens with zero attached hydrogens (tertiary/aromatic N) is 3. The van der Waals surface area contributed by atoms with Gasteiger partial charge in [0.2, 0.25) is 5.95 Å². The number of allylic oxidation sites excluding steroid dienone is 5. The van der Waals surface area contributed by atoms with E-state index in [0.29, 0.717) is 41.1 Å². The third kappa shape index (κ3) is 4.76. The molecule has 0 radical (unpaired) electrons. The summed E-state index contributed by atoms with van der Waals surface area (Å²) < 4.78 is 50.3. The first kappa shape index (κ1) is 25.2. The first-order chi connectivity index (χ1) is 18.2. The molecule has 0 fully saturated rings. The largest absolute Gasteiger partial charge is 0.497 e. The fourth-order valence-corrected chi connectivity index (χ4v) is 4.34. The van der Waals surface area contributed by atoms with Crippen molar-refractivity contribution in [3.05, 3.63) is 87.2 Å². The zero-order valence-corrected chi connectivity index (χ0v) is 20.5. The maximum atomic E-state index is 13.2. The maximum Gasteiger partial charge on any atom is 0.416 e. The van der Waals surface area contributed by atoms with Gasteiger partial charge in [0.05, 0.1) is 30.5 Å². The molecule has 38 heavy (non-hydrogen) atoms. The summed E-state index contributed by atoms with van der Waals surface area (Å²) in [7, 11) is 2.84. The maximum absolute atomic E-state index is 13.2. The van der Waals surface area contributed by atoms with Gasteiger partial charge in [-0.25, -0.2) is 4.98 Å². The average Bonchev–Trinajstić information content (AvgIpc) is 3.34. The van der Waals surface area contributed by atoms with Crippen LogP contribution >= 0.6 is 0 Å². The summed E-state index contributed by atoms with van der Waals surface area (Å²) in [5.41, 5.74) is 0.699. The number of hydrogen-bond donors (Lipinski definition) is 1. The molecule has 2 aliphatic rings.